The molecule has 2 rings (SSSR count). The highest BCUT2D eigenvalue weighted by Crippen LogP contribution is 2.26. The van der Waals surface area contributed by atoms with Gasteiger partial charge in [-0.2, -0.15) is 0 Å². The molecule has 1 aromatic carbocycles. The van der Waals surface area contributed by atoms with E-state index >= 15 is 0 Å². The molecule has 2 N–H and O–H groups in total. The van der Waals surface area contributed by atoms with Crippen molar-refractivity contribution in [1.82, 2.24) is 10.6 Å². The van der Waals surface area contributed by atoms with Gasteiger partial charge in [-0.25, -0.2) is 0 Å². The van der Waals surface area contributed by atoms with Crippen molar-refractivity contribution in [2.75, 3.05) is 25.4 Å². The van der Waals surface area contributed by atoms with E-state index in [2.05, 4.69) is 10.6 Å². The van der Waals surface area contributed by atoms with Gasteiger partial charge in [0.25, 0.3) is 0 Å². The first kappa shape index (κ1) is 16.6. The molecular formula is C13H18Cl2N2OS. The third-order valence-electron chi connectivity index (χ3n) is 2.88. The molecule has 0 unspecified atom stereocenters. The fourth-order valence-electron chi connectivity index (χ4n) is 1.65. The van der Waals surface area contributed by atoms with Gasteiger partial charge in [-0.05, 0) is 12.1 Å². The molecule has 1 amide bonds. The number of benzene rings is 1. The molecule has 0 atom stereocenters. The van der Waals surface area contributed by atoms with Crippen LogP contribution in [0.4, 0.5) is 0 Å². The first-order chi connectivity index (χ1) is 8.75. The average Bonchev–Trinajstić information content (AvgIpc) is 2.30. The van der Waals surface area contributed by atoms with E-state index in [1.807, 2.05) is 24.3 Å². The third kappa shape index (κ3) is 5.61. The first-order valence-electron chi connectivity index (χ1n) is 6.10. The summed E-state index contributed by atoms with van der Waals surface area (Å²) in [6.45, 7) is 2.84. The Morgan fingerprint density at radius 1 is 1.42 bits per heavy atom. The third-order valence-corrected chi connectivity index (χ3v) is 4.39. The van der Waals surface area contributed by atoms with Crippen LogP contribution in [0.5, 0.6) is 0 Å². The molecule has 1 aliphatic rings. The molecule has 0 saturated carbocycles. The number of nitrogens with one attached hydrogen (secondary N) is 2. The van der Waals surface area contributed by atoms with E-state index in [9.17, 15) is 4.79 Å². The fourth-order valence-corrected chi connectivity index (χ4v) is 2.84. The van der Waals surface area contributed by atoms with Crippen molar-refractivity contribution in [2.45, 2.75) is 11.3 Å². The number of thioether (sulfide) groups is 1. The van der Waals surface area contributed by atoms with Crippen molar-refractivity contribution in [3.63, 3.8) is 0 Å². The van der Waals surface area contributed by atoms with E-state index in [0.29, 0.717) is 12.3 Å². The van der Waals surface area contributed by atoms with E-state index in [1.165, 1.54) is 0 Å². The van der Waals surface area contributed by atoms with Gasteiger partial charge in [0.15, 0.2) is 0 Å². The van der Waals surface area contributed by atoms with Crippen molar-refractivity contribution in [3.05, 3.63) is 29.3 Å². The van der Waals surface area contributed by atoms with Gasteiger partial charge in [-0.3, -0.25) is 4.79 Å². The summed E-state index contributed by atoms with van der Waals surface area (Å²) in [5, 5.41) is 6.90. The zero-order chi connectivity index (χ0) is 12.8. The minimum Gasteiger partial charge on any atom is -0.356 e. The Morgan fingerprint density at radius 2 is 2.16 bits per heavy atom. The summed E-state index contributed by atoms with van der Waals surface area (Å²) in [6, 6.07) is 7.71. The van der Waals surface area contributed by atoms with E-state index in [4.69, 9.17) is 11.6 Å². The summed E-state index contributed by atoms with van der Waals surface area (Å²) >= 11 is 7.66. The van der Waals surface area contributed by atoms with Crippen LogP contribution in [0.1, 0.15) is 6.42 Å². The fraction of sp³-hybridized carbons (Fsp3) is 0.462. The van der Waals surface area contributed by atoms with Crippen LogP contribution in [0.25, 0.3) is 0 Å². The molecule has 1 heterocycles. The summed E-state index contributed by atoms with van der Waals surface area (Å²) in [5.41, 5.74) is 0. The number of hydrogen-bond acceptors (Lipinski definition) is 3. The predicted molar refractivity (Wildman–Crippen MR) is 83.4 cm³/mol. The Hall–Kier alpha value is -0.420. The molecule has 1 aliphatic heterocycles. The Morgan fingerprint density at radius 3 is 2.79 bits per heavy atom. The van der Waals surface area contributed by atoms with E-state index in [-0.39, 0.29) is 18.3 Å². The maximum absolute atomic E-state index is 11.6. The van der Waals surface area contributed by atoms with Gasteiger partial charge in [0.05, 0.1) is 5.02 Å². The molecular weight excluding hydrogens is 303 g/mol. The SMILES string of the molecule is Cl.O=C(CCSc1ccccc1Cl)NCC1CNC1. The van der Waals surface area contributed by atoms with Crippen molar-refractivity contribution < 1.29 is 4.79 Å². The molecule has 106 valence electrons. The lowest BCUT2D eigenvalue weighted by Crippen LogP contribution is -2.48. The number of amides is 1. The van der Waals surface area contributed by atoms with Crippen LogP contribution in [-0.4, -0.2) is 31.3 Å². The van der Waals surface area contributed by atoms with Crippen LogP contribution in [0.3, 0.4) is 0 Å². The molecule has 19 heavy (non-hydrogen) atoms. The predicted octanol–water partition coefficient (Wildman–Crippen LogP) is 2.58. The topological polar surface area (TPSA) is 41.1 Å². The smallest absolute Gasteiger partial charge is 0.220 e. The lowest BCUT2D eigenvalue weighted by Gasteiger charge is -2.27. The molecule has 6 heteroatoms. The van der Waals surface area contributed by atoms with Gasteiger partial charge in [-0.15, -0.1) is 24.2 Å². The second-order valence-corrected chi connectivity index (χ2v) is 5.90. The summed E-state index contributed by atoms with van der Waals surface area (Å²) in [6.07, 6.45) is 0.538. The molecule has 0 spiro atoms. The number of carbonyl (C=O) groups excluding carboxylic acids is 1. The Labute approximate surface area is 129 Å². The van der Waals surface area contributed by atoms with E-state index in [1.54, 1.807) is 11.8 Å². The minimum atomic E-state index is 0. The molecule has 3 nitrogen and oxygen atoms in total. The van der Waals surface area contributed by atoms with Gasteiger partial charge in [0, 0.05) is 42.6 Å². The van der Waals surface area contributed by atoms with Crippen LogP contribution in [0.15, 0.2) is 29.2 Å². The maximum Gasteiger partial charge on any atom is 0.220 e. The summed E-state index contributed by atoms with van der Waals surface area (Å²) in [4.78, 5) is 12.6. The van der Waals surface area contributed by atoms with Gasteiger partial charge < -0.3 is 10.6 Å². The quantitative estimate of drug-likeness (QED) is 0.791. The maximum atomic E-state index is 11.6. The molecule has 1 fully saturated rings. The summed E-state index contributed by atoms with van der Waals surface area (Å²) in [5.74, 6) is 1.50. The zero-order valence-electron chi connectivity index (χ0n) is 10.5. The van der Waals surface area contributed by atoms with Gasteiger partial charge in [-0.1, -0.05) is 23.7 Å². The van der Waals surface area contributed by atoms with E-state index in [0.717, 1.165) is 35.3 Å². The van der Waals surface area contributed by atoms with Crippen LogP contribution in [0.2, 0.25) is 5.02 Å². The van der Waals surface area contributed by atoms with Gasteiger partial charge in [0.2, 0.25) is 5.91 Å². The van der Waals surface area contributed by atoms with Crippen molar-refractivity contribution >= 4 is 41.7 Å². The monoisotopic (exact) mass is 320 g/mol. The average molecular weight is 321 g/mol. The summed E-state index contributed by atoms with van der Waals surface area (Å²) < 4.78 is 0. The van der Waals surface area contributed by atoms with Crippen molar-refractivity contribution in [3.8, 4) is 0 Å². The second-order valence-electron chi connectivity index (χ2n) is 4.36. The van der Waals surface area contributed by atoms with Crippen LogP contribution < -0.4 is 10.6 Å². The highest BCUT2D eigenvalue weighted by molar-refractivity contribution is 7.99. The largest absolute Gasteiger partial charge is 0.356 e. The summed E-state index contributed by atoms with van der Waals surface area (Å²) in [7, 11) is 0. The van der Waals surface area contributed by atoms with Crippen molar-refractivity contribution in [1.29, 1.82) is 0 Å². The first-order valence-corrected chi connectivity index (χ1v) is 7.47. The number of halogens is 2. The molecule has 0 radical (unpaired) electrons. The molecule has 0 aromatic heterocycles. The standard InChI is InChI=1S/C13H17ClN2OS.ClH/c14-11-3-1-2-4-12(11)18-6-5-13(17)16-9-10-7-15-8-10;/h1-4,10,15H,5-9H2,(H,16,17);1H. The minimum absolute atomic E-state index is 0. The highest BCUT2D eigenvalue weighted by atomic mass is 35.5. The lowest BCUT2D eigenvalue weighted by molar-refractivity contribution is -0.120. The highest BCUT2D eigenvalue weighted by Gasteiger charge is 2.16. The number of hydrogen-bond donors (Lipinski definition) is 2. The number of rotatable bonds is 6. The Balaban J connectivity index is 0.00000180. The zero-order valence-corrected chi connectivity index (χ0v) is 12.9. The Bertz CT molecular complexity index is 413. The Kier molecular flexibility index (Phi) is 7.61. The van der Waals surface area contributed by atoms with Gasteiger partial charge >= 0.3 is 0 Å². The normalized spacial score (nSPS) is 14.4. The van der Waals surface area contributed by atoms with Crippen LogP contribution >= 0.6 is 35.8 Å². The van der Waals surface area contributed by atoms with Crippen LogP contribution in [-0.2, 0) is 4.79 Å². The molecule has 1 saturated heterocycles. The van der Waals surface area contributed by atoms with Gasteiger partial charge in [0.1, 0.15) is 0 Å². The van der Waals surface area contributed by atoms with E-state index < -0.39 is 0 Å². The molecule has 0 aliphatic carbocycles. The second kappa shape index (κ2) is 8.69. The van der Waals surface area contributed by atoms with Crippen LogP contribution in [0, 0.1) is 5.92 Å². The molecule has 0 bridgehead atoms. The number of carbonyl (C=O) groups is 1. The lowest BCUT2D eigenvalue weighted by atomic mass is 10.0. The molecule has 1 aromatic rings. The van der Waals surface area contributed by atoms with Crippen molar-refractivity contribution in [2.24, 2.45) is 5.92 Å².